The Kier molecular flexibility index (Phi) is 6.71. The van der Waals surface area contributed by atoms with Gasteiger partial charge in [0.1, 0.15) is 11.6 Å². The number of fused-ring (bicyclic) bond motifs is 1. The van der Waals surface area contributed by atoms with Gasteiger partial charge in [0, 0.05) is 49.3 Å². The number of likely N-dealkylation sites (tertiary alicyclic amines) is 1. The molecule has 7 nitrogen and oxygen atoms in total. The van der Waals surface area contributed by atoms with Crippen LogP contribution < -0.4 is 5.32 Å². The Labute approximate surface area is 218 Å². The van der Waals surface area contributed by atoms with E-state index in [9.17, 15) is 14.7 Å². The Hall–Kier alpha value is -4.11. The fourth-order valence-corrected chi connectivity index (χ4v) is 5.16. The summed E-state index contributed by atoms with van der Waals surface area (Å²) >= 11 is 0. The van der Waals surface area contributed by atoms with Gasteiger partial charge >= 0.3 is 0 Å². The predicted octanol–water partition coefficient (Wildman–Crippen LogP) is 3.88. The molecule has 1 aliphatic heterocycles. The zero-order chi connectivity index (χ0) is 27.0. The van der Waals surface area contributed by atoms with E-state index in [1.807, 2.05) is 6.92 Å². The third-order valence-corrected chi connectivity index (χ3v) is 7.21. The van der Waals surface area contributed by atoms with E-state index in [0.29, 0.717) is 42.5 Å². The molecule has 3 aromatic carbocycles. The topological polar surface area (TPSA) is 87.5 Å². The first kappa shape index (κ1) is 25.5. The molecule has 9 heteroatoms. The molecule has 38 heavy (non-hydrogen) atoms. The summed E-state index contributed by atoms with van der Waals surface area (Å²) in [5.74, 6) is -1.64. The molecule has 5 rings (SSSR count). The first-order chi connectivity index (χ1) is 18.2. The van der Waals surface area contributed by atoms with Crippen LogP contribution in [0.1, 0.15) is 47.1 Å². The van der Waals surface area contributed by atoms with Gasteiger partial charge in [-0.05, 0) is 43.7 Å². The number of nitrogens with zero attached hydrogens (tertiary/aromatic N) is 3. The van der Waals surface area contributed by atoms with Gasteiger partial charge in [0.05, 0.1) is 11.0 Å². The molecule has 0 spiro atoms. The van der Waals surface area contributed by atoms with Gasteiger partial charge in [-0.3, -0.25) is 9.59 Å². The Morgan fingerprint density at radius 2 is 1.71 bits per heavy atom. The molecule has 2 N–H and O–H groups in total. The van der Waals surface area contributed by atoms with Gasteiger partial charge in [0.25, 0.3) is 5.91 Å². The molecule has 0 aliphatic carbocycles. The number of likely N-dealkylation sites (N-methyl/N-ethyl adjacent to an activating group) is 1. The minimum atomic E-state index is -2.24. The minimum absolute atomic E-state index is 0.00430. The van der Waals surface area contributed by atoms with Crippen LogP contribution in [-0.4, -0.2) is 50.5 Å². The SMILES string of the molecule is CCN1C[C@H](NC(=O)c2ccc3nc(C(O)(c4ccccc4F)c4ccccc4F)n(C)c3c2)CCC1=O. The van der Waals surface area contributed by atoms with Crippen LogP contribution in [0, 0.1) is 11.6 Å². The minimum Gasteiger partial charge on any atom is -0.373 e. The first-order valence-corrected chi connectivity index (χ1v) is 12.5. The monoisotopic (exact) mass is 518 g/mol. The molecule has 4 aromatic rings. The molecule has 1 aromatic heterocycles. The van der Waals surface area contributed by atoms with Crippen molar-refractivity contribution in [2.45, 2.75) is 31.4 Å². The largest absolute Gasteiger partial charge is 0.373 e. The molecule has 0 radical (unpaired) electrons. The van der Waals surface area contributed by atoms with Crippen molar-refractivity contribution in [3.63, 3.8) is 0 Å². The Morgan fingerprint density at radius 3 is 2.32 bits per heavy atom. The maximum atomic E-state index is 15.0. The molecule has 1 aliphatic rings. The molecule has 0 bridgehead atoms. The lowest BCUT2D eigenvalue weighted by molar-refractivity contribution is -0.133. The van der Waals surface area contributed by atoms with E-state index in [2.05, 4.69) is 10.3 Å². The summed E-state index contributed by atoms with van der Waals surface area (Å²) in [5, 5.41) is 15.1. The van der Waals surface area contributed by atoms with E-state index in [-0.39, 0.29) is 34.8 Å². The Balaban J connectivity index is 1.55. The molecule has 2 heterocycles. The average molecular weight is 519 g/mol. The zero-order valence-corrected chi connectivity index (χ0v) is 21.1. The maximum absolute atomic E-state index is 15.0. The number of rotatable bonds is 6. The number of hydrogen-bond acceptors (Lipinski definition) is 4. The molecule has 196 valence electrons. The third kappa shape index (κ3) is 4.32. The molecule has 2 amide bonds. The number of nitrogens with one attached hydrogen (secondary N) is 1. The van der Waals surface area contributed by atoms with Crippen molar-refractivity contribution in [2.75, 3.05) is 13.1 Å². The lowest BCUT2D eigenvalue weighted by Gasteiger charge is -2.32. The number of aryl methyl sites for hydroxylation is 1. The Morgan fingerprint density at radius 1 is 1.08 bits per heavy atom. The second-order valence-electron chi connectivity index (χ2n) is 9.51. The summed E-state index contributed by atoms with van der Waals surface area (Å²) in [7, 11) is 1.63. The van der Waals surface area contributed by atoms with Gasteiger partial charge in [-0.15, -0.1) is 0 Å². The van der Waals surface area contributed by atoms with Gasteiger partial charge in [-0.1, -0.05) is 36.4 Å². The van der Waals surface area contributed by atoms with Crippen molar-refractivity contribution in [3.05, 3.63) is 101 Å². The van der Waals surface area contributed by atoms with Gasteiger partial charge in [0.15, 0.2) is 11.4 Å². The number of hydrogen-bond donors (Lipinski definition) is 2. The van der Waals surface area contributed by atoms with Crippen molar-refractivity contribution in [3.8, 4) is 0 Å². The summed E-state index contributed by atoms with van der Waals surface area (Å²) in [6, 6.07) is 16.0. The fourth-order valence-electron chi connectivity index (χ4n) is 5.16. The standard InChI is InChI=1S/C29H28F2N4O3/c1-3-35-17-19(13-15-26(35)36)32-27(37)18-12-14-24-25(16-18)34(2)28(33-24)29(38,20-8-4-6-10-22(20)30)21-9-5-7-11-23(21)31/h4-12,14,16,19,38H,3,13,15,17H2,1-2H3,(H,32,37)/t19-/m1/s1. The van der Waals surface area contributed by atoms with Crippen molar-refractivity contribution < 1.29 is 23.5 Å². The van der Waals surface area contributed by atoms with Crippen LogP contribution in [0.4, 0.5) is 8.78 Å². The Bertz CT molecular complexity index is 1490. The fraction of sp³-hybridized carbons (Fsp3) is 0.276. The van der Waals surface area contributed by atoms with E-state index < -0.39 is 17.2 Å². The molecular weight excluding hydrogens is 490 g/mol. The number of piperidine rings is 1. The lowest BCUT2D eigenvalue weighted by atomic mass is 9.84. The van der Waals surface area contributed by atoms with Gasteiger partial charge in [0.2, 0.25) is 5.91 Å². The highest BCUT2D eigenvalue weighted by Gasteiger charge is 2.42. The number of halogens is 2. The quantitative estimate of drug-likeness (QED) is 0.406. The summed E-state index contributed by atoms with van der Waals surface area (Å²) < 4.78 is 31.6. The number of carbonyl (C=O) groups is 2. The van der Waals surface area contributed by atoms with Gasteiger partial charge < -0.3 is 19.9 Å². The maximum Gasteiger partial charge on any atom is 0.251 e. The third-order valence-electron chi connectivity index (χ3n) is 7.21. The number of aliphatic hydroxyl groups is 1. The van der Waals surface area contributed by atoms with E-state index >= 15 is 8.78 Å². The highest BCUT2D eigenvalue weighted by Crippen LogP contribution is 2.39. The molecule has 1 atom stereocenters. The number of imidazole rings is 1. The summed E-state index contributed by atoms with van der Waals surface area (Å²) in [6.07, 6.45) is 0.949. The second kappa shape index (κ2) is 9.98. The van der Waals surface area contributed by atoms with E-state index in [0.717, 1.165) is 0 Å². The van der Waals surface area contributed by atoms with E-state index in [1.54, 1.807) is 46.8 Å². The van der Waals surface area contributed by atoms with Crippen LogP contribution >= 0.6 is 0 Å². The smallest absolute Gasteiger partial charge is 0.251 e. The predicted molar refractivity (Wildman–Crippen MR) is 138 cm³/mol. The average Bonchev–Trinajstić information content (AvgIpc) is 3.26. The first-order valence-electron chi connectivity index (χ1n) is 12.5. The van der Waals surface area contributed by atoms with Crippen LogP contribution in [0.25, 0.3) is 11.0 Å². The van der Waals surface area contributed by atoms with Crippen LogP contribution in [0.3, 0.4) is 0 Å². The van der Waals surface area contributed by atoms with Crippen LogP contribution in [0.5, 0.6) is 0 Å². The van der Waals surface area contributed by atoms with Crippen molar-refractivity contribution in [1.29, 1.82) is 0 Å². The number of benzene rings is 3. The van der Waals surface area contributed by atoms with E-state index in [4.69, 9.17) is 0 Å². The van der Waals surface area contributed by atoms with Gasteiger partial charge in [-0.2, -0.15) is 0 Å². The lowest BCUT2D eigenvalue weighted by Crippen LogP contribution is -2.49. The summed E-state index contributed by atoms with van der Waals surface area (Å²) in [6.45, 7) is 2.94. The van der Waals surface area contributed by atoms with Crippen LogP contribution in [0.2, 0.25) is 0 Å². The van der Waals surface area contributed by atoms with Crippen LogP contribution in [0.15, 0.2) is 66.7 Å². The number of carbonyl (C=O) groups excluding carboxylic acids is 2. The summed E-state index contributed by atoms with van der Waals surface area (Å²) in [5.41, 5.74) is -1.21. The molecule has 1 saturated heterocycles. The normalized spacial score (nSPS) is 16.2. The summed E-state index contributed by atoms with van der Waals surface area (Å²) in [4.78, 5) is 31.4. The highest BCUT2D eigenvalue weighted by atomic mass is 19.1. The van der Waals surface area contributed by atoms with Crippen molar-refractivity contribution in [2.24, 2.45) is 7.05 Å². The van der Waals surface area contributed by atoms with E-state index in [1.165, 1.54) is 36.4 Å². The van der Waals surface area contributed by atoms with Crippen molar-refractivity contribution >= 4 is 22.8 Å². The zero-order valence-electron chi connectivity index (χ0n) is 21.1. The van der Waals surface area contributed by atoms with Crippen molar-refractivity contribution in [1.82, 2.24) is 19.8 Å². The molecule has 1 fully saturated rings. The molecular formula is C29H28F2N4O3. The highest BCUT2D eigenvalue weighted by molar-refractivity contribution is 5.97. The van der Waals surface area contributed by atoms with Crippen LogP contribution in [-0.2, 0) is 17.4 Å². The van der Waals surface area contributed by atoms with Gasteiger partial charge in [-0.25, -0.2) is 13.8 Å². The second-order valence-corrected chi connectivity index (χ2v) is 9.51. The molecule has 0 unspecified atom stereocenters. The molecule has 0 saturated carbocycles. The number of amides is 2. The number of aromatic nitrogens is 2.